The topological polar surface area (TPSA) is 91.9 Å². The summed E-state index contributed by atoms with van der Waals surface area (Å²) in [4.78, 5) is 29.0. The molecule has 4 rings (SSSR count). The van der Waals surface area contributed by atoms with E-state index >= 15 is 0 Å². The molecule has 1 unspecified atom stereocenters. The van der Waals surface area contributed by atoms with E-state index in [1.54, 1.807) is 37.2 Å². The highest BCUT2D eigenvalue weighted by Gasteiger charge is 2.20. The van der Waals surface area contributed by atoms with Gasteiger partial charge in [0.1, 0.15) is 5.69 Å². The first kappa shape index (κ1) is 17.6. The summed E-state index contributed by atoms with van der Waals surface area (Å²) in [5, 5.41) is 9.11. The highest BCUT2D eigenvalue weighted by molar-refractivity contribution is 5.84. The minimum Gasteiger partial charge on any atom is -0.401 e. The standard InChI is InChI=1S/C20H17N5O3/c1-13(14-5-6-17-15(10-14)4-3-8-21-17)20(27)28-19-18(26)7-9-25(23-19)16-11-22-24(2)12-16/h3-13H,1-2H3. The van der Waals surface area contributed by atoms with Crippen LogP contribution in [0.3, 0.4) is 0 Å². The van der Waals surface area contributed by atoms with Gasteiger partial charge in [-0.25, -0.2) is 4.68 Å². The Bertz CT molecular complexity index is 1230. The van der Waals surface area contributed by atoms with Crippen LogP contribution >= 0.6 is 0 Å². The summed E-state index contributed by atoms with van der Waals surface area (Å²) in [5.74, 6) is -1.40. The molecule has 0 spiro atoms. The number of benzene rings is 1. The molecule has 4 aromatic rings. The van der Waals surface area contributed by atoms with Crippen LogP contribution in [0.15, 0.2) is 66.0 Å². The lowest BCUT2D eigenvalue weighted by Gasteiger charge is -2.12. The number of ether oxygens (including phenoxy) is 1. The van der Waals surface area contributed by atoms with Crippen molar-refractivity contribution in [3.05, 3.63) is 77.0 Å². The molecule has 0 aliphatic carbocycles. The number of carbonyl (C=O) groups excluding carboxylic acids is 1. The molecule has 0 amide bonds. The van der Waals surface area contributed by atoms with Gasteiger partial charge in [0.15, 0.2) is 0 Å². The monoisotopic (exact) mass is 375 g/mol. The Morgan fingerprint density at radius 3 is 2.86 bits per heavy atom. The summed E-state index contributed by atoms with van der Waals surface area (Å²) in [6, 6.07) is 10.6. The molecule has 0 aliphatic heterocycles. The van der Waals surface area contributed by atoms with Gasteiger partial charge < -0.3 is 4.74 Å². The van der Waals surface area contributed by atoms with Crippen LogP contribution in [0.2, 0.25) is 0 Å². The van der Waals surface area contributed by atoms with Crippen molar-refractivity contribution in [2.45, 2.75) is 12.8 Å². The van der Waals surface area contributed by atoms with Gasteiger partial charge >= 0.3 is 5.97 Å². The van der Waals surface area contributed by atoms with Crippen LogP contribution in [-0.4, -0.2) is 30.5 Å². The summed E-state index contributed by atoms with van der Waals surface area (Å²) in [6.07, 6.45) is 6.54. The van der Waals surface area contributed by atoms with Crippen LogP contribution in [0.5, 0.6) is 5.88 Å². The molecule has 1 atom stereocenters. The van der Waals surface area contributed by atoms with Crippen LogP contribution in [0.25, 0.3) is 16.6 Å². The third-order valence-electron chi connectivity index (χ3n) is 4.41. The second-order valence-corrected chi connectivity index (χ2v) is 6.40. The predicted octanol–water partition coefficient (Wildman–Crippen LogP) is 2.22. The Morgan fingerprint density at radius 2 is 2.07 bits per heavy atom. The smallest absolute Gasteiger partial charge is 0.320 e. The molecular weight excluding hydrogens is 358 g/mol. The molecular formula is C20H17N5O3. The van der Waals surface area contributed by atoms with Crippen molar-refractivity contribution in [2.24, 2.45) is 7.05 Å². The first-order chi connectivity index (χ1) is 13.5. The molecule has 140 valence electrons. The molecule has 0 aliphatic rings. The average molecular weight is 375 g/mol. The fourth-order valence-corrected chi connectivity index (χ4v) is 2.81. The van der Waals surface area contributed by atoms with Gasteiger partial charge in [0.2, 0.25) is 5.43 Å². The lowest BCUT2D eigenvalue weighted by atomic mass is 9.99. The van der Waals surface area contributed by atoms with Gasteiger partial charge in [-0.2, -0.15) is 5.10 Å². The third kappa shape index (κ3) is 3.39. The minimum atomic E-state index is -0.571. The number of pyridine rings is 1. The van der Waals surface area contributed by atoms with E-state index in [-0.39, 0.29) is 5.88 Å². The Kier molecular flexibility index (Phi) is 4.44. The van der Waals surface area contributed by atoms with Crippen molar-refractivity contribution in [1.82, 2.24) is 24.5 Å². The average Bonchev–Trinajstić information content (AvgIpc) is 3.15. The van der Waals surface area contributed by atoms with Crippen molar-refractivity contribution < 1.29 is 9.53 Å². The van der Waals surface area contributed by atoms with Gasteiger partial charge in [-0.15, -0.1) is 5.10 Å². The molecule has 0 radical (unpaired) electrons. The summed E-state index contributed by atoms with van der Waals surface area (Å²) < 4.78 is 8.36. The maximum absolute atomic E-state index is 12.6. The van der Waals surface area contributed by atoms with E-state index in [1.807, 2.05) is 30.3 Å². The first-order valence-electron chi connectivity index (χ1n) is 8.66. The zero-order chi connectivity index (χ0) is 19.7. The number of esters is 1. The van der Waals surface area contributed by atoms with Gasteiger partial charge in [0.05, 0.1) is 23.8 Å². The van der Waals surface area contributed by atoms with Gasteiger partial charge in [0, 0.05) is 30.9 Å². The third-order valence-corrected chi connectivity index (χ3v) is 4.41. The van der Waals surface area contributed by atoms with Gasteiger partial charge in [-0.05, 0) is 30.7 Å². The molecule has 0 N–H and O–H groups in total. The van der Waals surface area contributed by atoms with E-state index in [0.717, 1.165) is 16.5 Å². The lowest BCUT2D eigenvalue weighted by Crippen LogP contribution is -2.22. The number of fused-ring (bicyclic) bond motifs is 1. The number of nitrogens with zero attached hydrogens (tertiary/aromatic N) is 5. The second-order valence-electron chi connectivity index (χ2n) is 6.40. The first-order valence-corrected chi connectivity index (χ1v) is 8.66. The molecule has 0 saturated heterocycles. The van der Waals surface area contributed by atoms with Crippen molar-refractivity contribution in [2.75, 3.05) is 0 Å². The SMILES string of the molecule is CC(C(=O)Oc1nn(-c2cnn(C)c2)ccc1=O)c1ccc2ncccc2c1. The van der Waals surface area contributed by atoms with E-state index in [0.29, 0.717) is 5.69 Å². The molecule has 1 aromatic carbocycles. The van der Waals surface area contributed by atoms with Crippen LogP contribution in [0.1, 0.15) is 18.4 Å². The van der Waals surface area contributed by atoms with Crippen molar-refractivity contribution >= 4 is 16.9 Å². The minimum absolute atomic E-state index is 0.273. The van der Waals surface area contributed by atoms with Crippen molar-refractivity contribution in [3.63, 3.8) is 0 Å². The molecule has 3 aromatic heterocycles. The number of carbonyl (C=O) groups is 1. The summed E-state index contributed by atoms with van der Waals surface area (Å²) >= 11 is 0. The predicted molar refractivity (Wildman–Crippen MR) is 102 cm³/mol. The van der Waals surface area contributed by atoms with E-state index < -0.39 is 17.3 Å². The fourth-order valence-electron chi connectivity index (χ4n) is 2.81. The lowest BCUT2D eigenvalue weighted by molar-refractivity contribution is -0.136. The van der Waals surface area contributed by atoms with E-state index in [2.05, 4.69) is 15.2 Å². The Balaban J connectivity index is 1.59. The Labute approximate surface area is 160 Å². The number of hydrogen-bond donors (Lipinski definition) is 0. The Hall–Kier alpha value is -3.81. The second kappa shape index (κ2) is 7.07. The fraction of sp³-hybridized carbons (Fsp3) is 0.150. The zero-order valence-electron chi connectivity index (χ0n) is 15.3. The molecule has 8 heteroatoms. The summed E-state index contributed by atoms with van der Waals surface area (Å²) in [6.45, 7) is 1.72. The highest BCUT2D eigenvalue weighted by Crippen LogP contribution is 2.22. The quantitative estimate of drug-likeness (QED) is 0.508. The molecule has 3 heterocycles. The maximum atomic E-state index is 12.6. The largest absolute Gasteiger partial charge is 0.401 e. The van der Waals surface area contributed by atoms with E-state index in [4.69, 9.17) is 4.74 Å². The van der Waals surface area contributed by atoms with E-state index in [9.17, 15) is 9.59 Å². The molecule has 0 saturated carbocycles. The zero-order valence-corrected chi connectivity index (χ0v) is 15.3. The molecule has 0 bridgehead atoms. The Morgan fingerprint density at radius 1 is 1.21 bits per heavy atom. The van der Waals surface area contributed by atoms with Crippen LogP contribution in [0.4, 0.5) is 0 Å². The maximum Gasteiger partial charge on any atom is 0.320 e. The number of rotatable bonds is 4. The van der Waals surface area contributed by atoms with Crippen LogP contribution < -0.4 is 10.2 Å². The highest BCUT2D eigenvalue weighted by atomic mass is 16.5. The van der Waals surface area contributed by atoms with Gasteiger partial charge in [-0.3, -0.25) is 19.3 Å². The van der Waals surface area contributed by atoms with E-state index in [1.165, 1.54) is 16.9 Å². The van der Waals surface area contributed by atoms with Crippen LogP contribution in [-0.2, 0) is 11.8 Å². The van der Waals surface area contributed by atoms with Gasteiger partial charge in [-0.1, -0.05) is 12.1 Å². The van der Waals surface area contributed by atoms with Crippen LogP contribution in [0, 0.1) is 0 Å². The number of aryl methyl sites for hydroxylation is 1. The number of hydrogen-bond acceptors (Lipinski definition) is 6. The van der Waals surface area contributed by atoms with Crippen molar-refractivity contribution in [3.8, 4) is 11.6 Å². The molecule has 8 nitrogen and oxygen atoms in total. The molecule has 28 heavy (non-hydrogen) atoms. The summed E-state index contributed by atoms with van der Waals surface area (Å²) in [5.41, 5.74) is 1.79. The summed E-state index contributed by atoms with van der Waals surface area (Å²) in [7, 11) is 1.77. The van der Waals surface area contributed by atoms with Gasteiger partial charge in [0.25, 0.3) is 5.88 Å². The normalized spacial score (nSPS) is 12.1. The molecule has 0 fully saturated rings. The van der Waals surface area contributed by atoms with Crippen molar-refractivity contribution in [1.29, 1.82) is 0 Å². The number of aromatic nitrogens is 5.